The van der Waals surface area contributed by atoms with Gasteiger partial charge in [-0.05, 0) is 54.0 Å². The fraction of sp³-hybridized carbons (Fsp3) is 0.200. The average molecular weight is 600 g/mol. The van der Waals surface area contributed by atoms with Crippen LogP contribution in [-0.2, 0) is 16.6 Å². The summed E-state index contributed by atoms with van der Waals surface area (Å²) in [5, 5.41) is 8.33. The zero-order chi connectivity index (χ0) is 30.3. The number of hydrogen-bond donors (Lipinski definition) is 4. The van der Waals surface area contributed by atoms with Gasteiger partial charge in [-0.25, -0.2) is 27.5 Å². The molecule has 1 aliphatic heterocycles. The maximum absolute atomic E-state index is 14.7. The van der Waals surface area contributed by atoms with Gasteiger partial charge >= 0.3 is 0 Å². The van der Waals surface area contributed by atoms with E-state index in [1.807, 2.05) is 19.1 Å². The Labute approximate surface area is 247 Å². The molecule has 0 amide bonds. The molecular formula is C30H30FN9O2S. The van der Waals surface area contributed by atoms with Crippen molar-refractivity contribution in [2.24, 2.45) is 5.73 Å². The molecule has 0 aliphatic carbocycles. The minimum absolute atomic E-state index is 0.0320. The van der Waals surface area contributed by atoms with Gasteiger partial charge in [-0.2, -0.15) is 5.10 Å². The number of H-pyrrole nitrogens is 2. The zero-order valence-electron chi connectivity index (χ0n) is 23.6. The van der Waals surface area contributed by atoms with E-state index in [4.69, 9.17) is 10.7 Å². The fourth-order valence-corrected chi connectivity index (χ4v) is 5.57. The van der Waals surface area contributed by atoms with Crippen LogP contribution in [0, 0.1) is 12.7 Å². The molecule has 43 heavy (non-hydrogen) atoms. The summed E-state index contributed by atoms with van der Waals surface area (Å²) >= 11 is 0. The Morgan fingerprint density at radius 3 is 2.77 bits per heavy atom. The molecule has 4 aromatic heterocycles. The molecule has 5 heterocycles. The summed E-state index contributed by atoms with van der Waals surface area (Å²) in [5.74, 6) is 0.290. The molecule has 1 aromatic carbocycles. The van der Waals surface area contributed by atoms with Crippen LogP contribution in [0.3, 0.4) is 0 Å². The van der Waals surface area contributed by atoms with E-state index >= 15 is 0 Å². The van der Waals surface area contributed by atoms with Gasteiger partial charge in [-0.1, -0.05) is 18.7 Å². The third-order valence-corrected chi connectivity index (χ3v) is 7.89. The van der Waals surface area contributed by atoms with Crippen molar-refractivity contribution >= 4 is 32.4 Å². The number of rotatable bonds is 9. The van der Waals surface area contributed by atoms with Crippen LogP contribution in [0.15, 0.2) is 67.7 Å². The van der Waals surface area contributed by atoms with Gasteiger partial charge in [0.15, 0.2) is 5.65 Å². The summed E-state index contributed by atoms with van der Waals surface area (Å²) in [6.07, 6.45) is 9.65. The molecule has 0 bridgehead atoms. The Morgan fingerprint density at radius 2 is 2.02 bits per heavy atom. The number of fused-ring (bicyclic) bond motifs is 1. The molecule has 0 unspecified atom stereocenters. The standard InChI is InChI=1S/C30H30FN9O2S/c1-4-5-23(19-6-18(7-21(31)8-19)11-35-43(3,41)42)24-10-26(36-17(24)2)29-25-9-20(12-34-30(25)39-38-29)27-13-33-14-28(37-27)40-15-22(32)16-40/h4-10,12-14,22,35-36H,1,11,15-16,32H2,2-3H3,(H,34,38,39)/b23-5-. The number of nitrogens with one attached hydrogen (secondary N) is 3. The van der Waals surface area contributed by atoms with Crippen molar-refractivity contribution in [3.8, 4) is 22.6 Å². The highest BCUT2D eigenvalue weighted by Crippen LogP contribution is 2.34. The lowest BCUT2D eigenvalue weighted by molar-refractivity contribution is 0.514. The van der Waals surface area contributed by atoms with E-state index in [0.29, 0.717) is 33.7 Å². The lowest BCUT2D eigenvalue weighted by atomic mass is 9.95. The van der Waals surface area contributed by atoms with Gasteiger partial charge in [0.05, 0.1) is 30.0 Å². The molecule has 5 N–H and O–H groups in total. The molecule has 1 aliphatic rings. The number of nitrogens with zero attached hydrogens (tertiary/aromatic N) is 5. The first-order chi connectivity index (χ1) is 20.6. The summed E-state index contributed by atoms with van der Waals surface area (Å²) in [6.45, 7) is 7.22. The normalized spacial score (nSPS) is 14.3. The van der Waals surface area contributed by atoms with Crippen LogP contribution in [0.4, 0.5) is 10.2 Å². The quantitative estimate of drug-likeness (QED) is 0.187. The molecule has 5 aromatic rings. The number of allylic oxidation sites excluding steroid dienone is 2. The second-order valence-corrected chi connectivity index (χ2v) is 12.4. The van der Waals surface area contributed by atoms with Crippen LogP contribution in [0.2, 0.25) is 0 Å². The minimum atomic E-state index is -3.44. The van der Waals surface area contributed by atoms with E-state index in [9.17, 15) is 12.8 Å². The van der Waals surface area contributed by atoms with Crippen molar-refractivity contribution in [3.63, 3.8) is 0 Å². The van der Waals surface area contributed by atoms with Crippen molar-refractivity contribution in [2.45, 2.75) is 19.5 Å². The molecule has 0 radical (unpaired) electrons. The van der Waals surface area contributed by atoms with Gasteiger partial charge in [-0.3, -0.25) is 10.1 Å². The summed E-state index contributed by atoms with van der Waals surface area (Å²) in [7, 11) is -3.44. The van der Waals surface area contributed by atoms with Gasteiger partial charge in [-0.15, -0.1) is 0 Å². The summed E-state index contributed by atoms with van der Waals surface area (Å²) in [4.78, 5) is 19.2. The number of hydrogen-bond acceptors (Lipinski definition) is 8. The molecule has 220 valence electrons. The molecule has 1 fully saturated rings. The first-order valence-electron chi connectivity index (χ1n) is 13.5. The molecule has 6 rings (SSSR count). The van der Waals surface area contributed by atoms with Crippen LogP contribution in [-0.4, -0.2) is 63.9 Å². The lowest BCUT2D eigenvalue weighted by Gasteiger charge is -2.37. The van der Waals surface area contributed by atoms with Crippen molar-refractivity contribution in [1.82, 2.24) is 34.9 Å². The minimum Gasteiger partial charge on any atom is -0.357 e. The van der Waals surface area contributed by atoms with Crippen LogP contribution >= 0.6 is 0 Å². The maximum Gasteiger partial charge on any atom is 0.209 e. The second-order valence-electron chi connectivity index (χ2n) is 10.6. The summed E-state index contributed by atoms with van der Waals surface area (Å²) in [5.41, 5.74) is 12.8. The number of benzene rings is 1. The summed E-state index contributed by atoms with van der Waals surface area (Å²) < 4.78 is 40.3. The highest BCUT2D eigenvalue weighted by atomic mass is 32.2. The predicted molar refractivity (Wildman–Crippen MR) is 165 cm³/mol. The van der Waals surface area contributed by atoms with Gasteiger partial charge < -0.3 is 15.6 Å². The Hall–Kier alpha value is -4.72. The third-order valence-electron chi connectivity index (χ3n) is 7.22. The number of anilines is 1. The van der Waals surface area contributed by atoms with E-state index in [0.717, 1.165) is 53.1 Å². The molecule has 11 nitrogen and oxygen atoms in total. The number of halogens is 1. The molecule has 0 spiro atoms. The second kappa shape index (κ2) is 11.2. The van der Waals surface area contributed by atoms with Gasteiger partial charge in [0.2, 0.25) is 10.0 Å². The van der Waals surface area contributed by atoms with Crippen LogP contribution in [0.1, 0.15) is 22.4 Å². The highest BCUT2D eigenvalue weighted by molar-refractivity contribution is 7.88. The highest BCUT2D eigenvalue weighted by Gasteiger charge is 2.25. The number of sulfonamides is 1. The monoisotopic (exact) mass is 599 g/mol. The molecule has 13 heteroatoms. The largest absolute Gasteiger partial charge is 0.357 e. The van der Waals surface area contributed by atoms with E-state index < -0.39 is 15.8 Å². The fourth-order valence-electron chi connectivity index (χ4n) is 5.14. The van der Waals surface area contributed by atoms with Crippen molar-refractivity contribution < 1.29 is 12.8 Å². The van der Waals surface area contributed by atoms with Crippen molar-refractivity contribution in [2.75, 3.05) is 24.2 Å². The lowest BCUT2D eigenvalue weighted by Crippen LogP contribution is -2.56. The number of pyridine rings is 1. The van der Waals surface area contributed by atoms with Gasteiger partial charge in [0, 0.05) is 54.1 Å². The van der Waals surface area contributed by atoms with Crippen molar-refractivity contribution in [1.29, 1.82) is 0 Å². The first kappa shape index (κ1) is 28.4. The van der Waals surface area contributed by atoms with Crippen LogP contribution in [0.25, 0.3) is 39.3 Å². The van der Waals surface area contributed by atoms with E-state index in [1.54, 1.807) is 36.8 Å². The van der Waals surface area contributed by atoms with E-state index in [-0.39, 0.29) is 12.6 Å². The Morgan fingerprint density at radius 1 is 1.21 bits per heavy atom. The molecule has 0 saturated carbocycles. The third kappa shape index (κ3) is 5.95. The van der Waals surface area contributed by atoms with Crippen LogP contribution < -0.4 is 15.4 Å². The zero-order valence-corrected chi connectivity index (χ0v) is 24.4. The SMILES string of the molecule is C=C/C=C(/c1cc(F)cc(CNS(C)(=O)=O)c1)c1cc(-c2n[nH]c3ncc(-c4cncc(N5CC(N)C5)n4)cc23)[nH]c1C. The topological polar surface area (TPSA) is 159 Å². The Kier molecular flexibility index (Phi) is 7.38. The van der Waals surface area contributed by atoms with E-state index in [1.165, 1.54) is 12.1 Å². The average Bonchev–Trinajstić information content (AvgIpc) is 3.55. The smallest absolute Gasteiger partial charge is 0.209 e. The number of aromatic amines is 2. The number of aromatic nitrogens is 6. The number of nitrogens with two attached hydrogens (primary N) is 1. The van der Waals surface area contributed by atoms with Gasteiger partial charge in [0.25, 0.3) is 0 Å². The Balaban J connectivity index is 1.36. The molecule has 1 saturated heterocycles. The van der Waals surface area contributed by atoms with Crippen LogP contribution in [0.5, 0.6) is 0 Å². The summed E-state index contributed by atoms with van der Waals surface area (Å²) in [6, 6.07) is 8.54. The first-order valence-corrected chi connectivity index (χ1v) is 15.4. The number of aryl methyl sites for hydroxylation is 1. The van der Waals surface area contributed by atoms with Gasteiger partial charge in [0.1, 0.15) is 17.3 Å². The molecular weight excluding hydrogens is 569 g/mol. The maximum atomic E-state index is 14.7. The molecule has 0 atom stereocenters. The van der Waals surface area contributed by atoms with Crippen molar-refractivity contribution in [3.05, 3.63) is 95.9 Å². The predicted octanol–water partition coefficient (Wildman–Crippen LogP) is 3.67. The van der Waals surface area contributed by atoms with E-state index in [2.05, 4.69) is 41.4 Å². The Bertz CT molecular complexity index is 1990.